The Morgan fingerprint density at radius 3 is 2.68 bits per heavy atom. The van der Waals surface area contributed by atoms with Crippen molar-refractivity contribution >= 4 is 12.1 Å². The van der Waals surface area contributed by atoms with E-state index in [1.165, 1.54) is 0 Å². The molecule has 5 heteroatoms. The predicted molar refractivity (Wildman–Crippen MR) is 69.6 cm³/mol. The molecule has 0 N–H and O–H groups in total. The van der Waals surface area contributed by atoms with Crippen molar-refractivity contribution in [2.45, 2.75) is 58.3 Å². The quantitative estimate of drug-likeness (QED) is 0.684. The highest BCUT2D eigenvalue weighted by Crippen LogP contribution is 2.28. The number of hydrogen-bond acceptors (Lipinski definition) is 4. The van der Waals surface area contributed by atoms with E-state index >= 15 is 0 Å². The number of cyclic esters (lactones) is 1. The van der Waals surface area contributed by atoms with Gasteiger partial charge in [-0.2, -0.15) is 0 Å². The van der Waals surface area contributed by atoms with Crippen LogP contribution in [0.5, 0.6) is 0 Å². The Bertz CT molecular complexity index is 422. The van der Waals surface area contributed by atoms with Crippen LogP contribution >= 0.6 is 0 Å². The molecule has 1 amide bonds. The summed E-state index contributed by atoms with van der Waals surface area (Å²) in [5.41, 5.74) is 0.100. The molecule has 1 saturated heterocycles. The molecule has 19 heavy (non-hydrogen) atoms. The van der Waals surface area contributed by atoms with Crippen molar-refractivity contribution < 1.29 is 19.1 Å². The molecule has 5 nitrogen and oxygen atoms in total. The summed E-state index contributed by atoms with van der Waals surface area (Å²) in [6.45, 7) is 7.91. The van der Waals surface area contributed by atoms with Crippen LogP contribution in [0, 0.1) is 0 Å². The van der Waals surface area contributed by atoms with Gasteiger partial charge in [0, 0.05) is 12.1 Å². The summed E-state index contributed by atoms with van der Waals surface area (Å²) in [5.74, 6) is -0.291. The Balaban J connectivity index is 2.06. The van der Waals surface area contributed by atoms with Crippen LogP contribution in [-0.4, -0.2) is 41.3 Å². The van der Waals surface area contributed by atoms with Crippen LogP contribution in [-0.2, 0) is 14.3 Å². The fraction of sp³-hybridized carbons (Fsp3) is 0.714. The number of esters is 1. The summed E-state index contributed by atoms with van der Waals surface area (Å²) in [4.78, 5) is 25.2. The molecule has 2 aliphatic heterocycles. The van der Waals surface area contributed by atoms with E-state index in [-0.39, 0.29) is 24.2 Å². The lowest BCUT2D eigenvalue weighted by Crippen LogP contribution is -2.44. The second kappa shape index (κ2) is 4.87. The molecule has 106 valence electrons. The zero-order valence-corrected chi connectivity index (χ0v) is 11.9. The summed E-state index contributed by atoms with van der Waals surface area (Å²) in [6, 6.07) is -0.101. The van der Waals surface area contributed by atoms with Crippen molar-refractivity contribution in [3.8, 4) is 0 Å². The van der Waals surface area contributed by atoms with E-state index in [1.54, 1.807) is 17.9 Å². The van der Waals surface area contributed by atoms with E-state index in [0.717, 1.165) is 12.8 Å². The number of likely N-dealkylation sites (tertiary alicyclic amines) is 1. The topological polar surface area (TPSA) is 55.8 Å². The van der Waals surface area contributed by atoms with Crippen molar-refractivity contribution in [1.29, 1.82) is 0 Å². The number of hydrogen-bond donors (Lipinski definition) is 0. The highest BCUT2D eigenvalue weighted by molar-refractivity contribution is 5.90. The Morgan fingerprint density at radius 1 is 1.47 bits per heavy atom. The number of nitrogens with zero attached hydrogens (tertiary/aromatic N) is 1. The van der Waals surface area contributed by atoms with Gasteiger partial charge in [0.05, 0.1) is 6.04 Å². The van der Waals surface area contributed by atoms with E-state index < -0.39 is 5.60 Å². The first kappa shape index (κ1) is 13.9. The fourth-order valence-corrected chi connectivity index (χ4v) is 2.44. The Hall–Kier alpha value is -1.52. The first-order valence-electron chi connectivity index (χ1n) is 6.67. The van der Waals surface area contributed by atoms with E-state index in [2.05, 4.69) is 0 Å². The molecule has 2 rings (SSSR count). The third-order valence-electron chi connectivity index (χ3n) is 3.29. The van der Waals surface area contributed by atoms with Gasteiger partial charge < -0.3 is 14.4 Å². The third kappa shape index (κ3) is 3.08. The standard InChI is InChI=1S/C14H21NO4/c1-9-8-11(18-12(9)16)10-6-5-7-15(10)13(17)19-14(2,3)4/h8,10-11H,5-7H2,1-4H3/t10-,11+/m0/s1. The molecule has 0 unspecified atom stereocenters. The highest BCUT2D eigenvalue weighted by Gasteiger charge is 2.40. The first-order valence-corrected chi connectivity index (χ1v) is 6.67. The van der Waals surface area contributed by atoms with Gasteiger partial charge in [0.1, 0.15) is 11.7 Å². The molecule has 2 atom stereocenters. The molecule has 0 radical (unpaired) electrons. The maximum atomic E-state index is 12.1. The van der Waals surface area contributed by atoms with Gasteiger partial charge in [-0.25, -0.2) is 9.59 Å². The van der Waals surface area contributed by atoms with Gasteiger partial charge in [0.2, 0.25) is 0 Å². The van der Waals surface area contributed by atoms with Crippen molar-refractivity contribution in [1.82, 2.24) is 4.90 Å². The molecule has 1 fully saturated rings. The molecule has 0 saturated carbocycles. The molecular weight excluding hydrogens is 246 g/mol. The molecule has 2 aliphatic rings. The summed E-state index contributed by atoms with van der Waals surface area (Å²) in [6.07, 6.45) is 2.88. The van der Waals surface area contributed by atoms with Gasteiger partial charge in [-0.1, -0.05) is 0 Å². The number of amides is 1. The molecule has 0 spiro atoms. The largest absolute Gasteiger partial charge is 0.453 e. The minimum atomic E-state index is -0.512. The molecule has 0 aromatic rings. The average molecular weight is 267 g/mol. The first-order chi connectivity index (χ1) is 8.78. The van der Waals surface area contributed by atoms with Crippen molar-refractivity contribution in [3.05, 3.63) is 11.6 Å². The lowest BCUT2D eigenvalue weighted by atomic mass is 10.1. The maximum absolute atomic E-state index is 12.1. The minimum absolute atomic E-state index is 0.101. The SMILES string of the molecule is CC1=C[C@H]([C@@H]2CCCN2C(=O)OC(C)(C)C)OC1=O. The zero-order valence-electron chi connectivity index (χ0n) is 11.9. The third-order valence-corrected chi connectivity index (χ3v) is 3.29. The van der Waals surface area contributed by atoms with Crippen molar-refractivity contribution in [2.24, 2.45) is 0 Å². The van der Waals surface area contributed by atoms with Crippen LogP contribution in [0.4, 0.5) is 4.79 Å². The van der Waals surface area contributed by atoms with Crippen LogP contribution in [0.1, 0.15) is 40.5 Å². The van der Waals surface area contributed by atoms with Gasteiger partial charge >= 0.3 is 12.1 Å². The van der Waals surface area contributed by atoms with E-state index in [1.807, 2.05) is 20.8 Å². The second-order valence-corrected chi connectivity index (χ2v) is 6.10. The van der Waals surface area contributed by atoms with E-state index in [4.69, 9.17) is 9.47 Å². The number of carbonyl (C=O) groups excluding carboxylic acids is 2. The Labute approximate surface area is 113 Å². The zero-order chi connectivity index (χ0) is 14.2. The molecule has 0 aromatic heterocycles. The number of carbonyl (C=O) groups is 2. The van der Waals surface area contributed by atoms with E-state index in [0.29, 0.717) is 12.1 Å². The van der Waals surface area contributed by atoms with Crippen molar-refractivity contribution in [3.63, 3.8) is 0 Å². The normalized spacial score (nSPS) is 27.3. The molecule has 0 bridgehead atoms. The monoisotopic (exact) mass is 267 g/mol. The number of ether oxygens (including phenoxy) is 2. The van der Waals surface area contributed by atoms with E-state index in [9.17, 15) is 9.59 Å². The Kier molecular flexibility index (Phi) is 3.56. The smallest absolute Gasteiger partial charge is 0.410 e. The highest BCUT2D eigenvalue weighted by atomic mass is 16.6. The van der Waals surface area contributed by atoms with Crippen molar-refractivity contribution in [2.75, 3.05) is 6.54 Å². The molecule has 0 aromatic carbocycles. The minimum Gasteiger partial charge on any atom is -0.453 e. The van der Waals surface area contributed by atoms with Gasteiger partial charge in [-0.3, -0.25) is 0 Å². The van der Waals surface area contributed by atoms with Crippen LogP contribution in [0.15, 0.2) is 11.6 Å². The Morgan fingerprint density at radius 2 is 2.16 bits per heavy atom. The van der Waals surface area contributed by atoms with Crippen LogP contribution < -0.4 is 0 Å². The summed E-state index contributed by atoms with van der Waals surface area (Å²) < 4.78 is 10.7. The maximum Gasteiger partial charge on any atom is 0.410 e. The summed E-state index contributed by atoms with van der Waals surface area (Å²) in [7, 11) is 0. The van der Waals surface area contributed by atoms with Crippen LogP contribution in [0.25, 0.3) is 0 Å². The fourth-order valence-electron chi connectivity index (χ4n) is 2.44. The lowest BCUT2D eigenvalue weighted by Gasteiger charge is -2.30. The molecule has 2 heterocycles. The molecular formula is C14H21NO4. The van der Waals surface area contributed by atoms with Crippen LogP contribution in [0.3, 0.4) is 0 Å². The number of rotatable bonds is 1. The van der Waals surface area contributed by atoms with Gasteiger partial charge in [0.25, 0.3) is 0 Å². The molecule has 0 aliphatic carbocycles. The summed E-state index contributed by atoms with van der Waals surface area (Å²) >= 11 is 0. The van der Waals surface area contributed by atoms with Crippen LogP contribution in [0.2, 0.25) is 0 Å². The second-order valence-electron chi connectivity index (χ2n) is 6.10. The van der Waals surface area contributed by atoms with Gasteiger partial charge in [-0.15, -0.1) is 0 Å². The predicted octanol–water partition coefficient (Wildman–Crippen LogP) is 2.26. The lowest BCUT2D eigenvalue weighted by molar-refractivity contribution is -0.141. The summed E-state index contributed by atoms with van der Waals surface area (Å²) in [5, 5.41) is 0. The average Bonchev–Trinajstić information content (AvgIpc) is 2.83. The van der Waals surface area contributed by atoms with Gasteiger partial charge in [-0.05, 0) is 46.6 Å². The van der Waals surface area contributed by atoms with Gasteiger partial charge in [0.15, 0.2) is 0 Å².